The molecular weight excluding hydrogens is 429 g/mol. The van der Waals surface area contributed by atoms with Crippen molar-refractivity contribution in [3.8, 4) is 0 Å². The molecule has 1 spiro atoms. The van der Waals surface area contributed by atoms with Gasteiger partial charge in [0.1, 0.15) is 0 Å². The van der Waals surface area contributed by atoms with Crippen LogP contribution < -0.4 is 0 Å². The van der Waals surface area contributed by atoms with Crippen molar-refractivity contribution in [1.82, 2.24) is 9.88 Å². The number of hydrogen-bond donors (Lipinski definition) is 1. The van der Waals surface area contributed by atoms with Crippen molar-refractivity contribution in [3.05, 3.63) is 29.1 Å². The van der Waals surface area contributed by atoms with Gasteiger partial charge in [-0.1, -0.05) is 6.42 Å². The molecule has 180 valence electrons. The second kappa shape index (κ2) is 7.43. The SMILES string of the molecule is O=C(N1CCc2ncc(C(F)(F)F)cc2C1)[C@@]12CCC[C@@H]1CC(C1CCC3(CC3)C(O)C1)C2. The lowest BCUT2D eigenvalue weighted by Gasteiger charge is -2.39. The van der Waals surface area contributed by atoms with Crippen molar-refractivity contribution < 1.29 is 23.1 Å². The second-order valence-electron chi connectivity index (χ2n) is 11.7. The molecule has 0 saturated heterocycles. The Balaban J connectivity index is 1.19. The van der Waals surface area contributed by atoms with Crippen LogP contribution in [-0.2, 0) is 23.9 Å². The molecule has 6 rings (SSSR count). The van der Waals surface area contributed by atoms with Crippen LogP contribution in [0.3, 0.4) is 0 Å². The van der Waals surface area contributed by atoms with Gasteiger partial charge in [0.2, 0.25) is 5.91 Å². The maximum absolute atomic E-state index is 13.9. The molecule has 5 atom stereocenters. The zero-order chi connectivity index (χ0) is 23.0. The standard InChI is InChI=1S/C26H33F3N2O2/c27-26(28,29)20-11-18-15-31(9-4-21(18)30-14-20)23(33)25-5-1-2-19(25)10-17(13-25)16-3-6-24(7-8-24)22(32)12-16/h11,14,16-17,19,22,32H,1-10,12-13,15H2/t16?,17?,19-,22?,25-/m1/s1. The molecule has 1 aliphatic heterocycles. The van der Waals surface area contributed by atoms with Gasteiger partial charge >= 0.3 is 6.18 Å². The summed E-state index contributed by atoms with van der Waals surface area (Å²) in [7, 11) is 0. The molecule has 4 nitrogen and oxygen atoms in total. The lowest BCUT2D eigenvalue weighted by molar-refractivity contribution is -0.144. The Morgan fingerprint density at radius 1 is 1.12 bits per heavy atom. The number of carbonyl (C=O) groups excluding carboxylic acids is 1. The Bertz CT molecular complexity index is 959. The molecule has 1 N–H and O–H groups in total. The number of nitrogens with zero attached hydrogens (tertiary/aromatic N) is 2. The summed E-state index contributed by atoms with van der Waals surface area (Å²) in [6.07, 6.45) is 7.31. The van der Waals surface area contributed by atoms with E-state index in [2.05, 4.69) is 4.98 Å². The van der Waals surface area contributed by atoms with Gasteiger partial charge in [0.15, 0.2) is 0 Å². The van der Waals surface area contributed by atoms with E-state index in [0.717, 1.165) is 64.0 Å². The molecule has 7 heteroatoms. The third-order valence-corrected chi connectivity index (χ3v) is 10.1. The number of halogens is 3. The molecular formula is C26H33F3N2O2. The fourth-order valence-electron chi connectivity index (χ4n) is 7.94. The summed E-state index contributed by atoms with van der Waals surface area (Å²) >= 11 is 0. The fourth-order valence-corrected chi connectivity index (χ4v) is 7.94. The summed E-state index contributed by atoms with van der Waals surface area (Å²) in [5, 5.41) is 10.7. The topological polar surface area (TPSA) is 53.4 Å². The normalized spacial score (nSPS) is 37.2. The zero-order valence-corrected chi connectivity index (χ0v) is 19.0. The minimum Gasteiger partial charge on any atom is -0.393 e. The van der Waals surface area contributed by atoms with E-state index in [1.807, 2.05) is 4.90 Å². The number of alkyl halides is 3. The number of carbonyl (C=O) groups is 1. The number of rotatable bonds is 2. The molecule has 3 unspecified atom stereocenters. The molecule has 5 aliphatic rings. The van der Waals surface area contributed by atoms with E-state index in [1.165, 1.54) is 12.5 Å². The van der Waals surface area contributed by atoms with Crippen molar-refractivity contribution >= 4 is 5.91 Å². The van der Waals surface area contributed by atoms with Crippen LogP contribution in [-0.4, -0.2) is 33.5 Å². The van der Waals surface area contributed by atoms with E-state index in [4.69, 9.17) is 0 Å². The van der Waals surface area contributed by atoms with Gasteiger partial charge in [-0.05, 0) is 92.6 Å². The highest BCUT2D eigenvalue weighted by atomic mass is 19.4. The fraction of sp³-hybridized carbons (Fsp3) is 0.769. The molecule has 1 amide bonds. The number of fused-ring (bicyclic) bond motifs is 2. The smallest absolute Gasteiger partial charge is 0.393 e. The van der Waals surface area contributed by atoms with Gasteiger partial charge in [-0.2, -0.15) is 13.2 Å². The first-order valence-corrected chi connectivity index (χ1v) is 12.7. The van der Waals surface area contributed by atoms with Crippen LogP contribution in [0.2, 0.25) is 0 Å². The molecule has 4 aliphatic carbocycles. The first-order chi connectivity index (χ1) is 15.7. The third kappa shape index (κ3) is 3.52. The zero-order valence-electron chi connectivity index (χ0n) is 19.0. The number of hydrogen-bond acceptors (Lipinski definition) is 3. The van der Waals surface area contributed by atoms with E-state index in [1.54, 1.807) is 0 Å². The summed E-state index contributed by atoms with van der Waals surface area (Å²) < 4.78 is 39.6. The molecule has 1 aromatic rings. The van der Waals surface area contributed by atoms with Gasteiger partial charge in [0, 0.05) is 31.4 Å². The second-order valence-corrected chi connectivity index (χ2v) is 11.7. The molecule has 33 heavy (non-hydrogen) atoms. The number of pyridine rings is 1. The van der Waals surface area contributed by atoms with Crippen LogP contribution in [0.25, 0.3) is 0 Å². The quantitative estimate of drug-likeness (QED) is 0.664. The maximum atomic E-state index is 13.9. The van der Waals surface area contributed by atoms with Gasteiger partial charge in [-0.15, -0.1) is 0 Å². The lowest BCUT2D eigenvalue weighted by atomic mass is 9.70. The molecule has 4 fully saturated rings. The Morgan fingerprint density at radius 3 is 2.67 bits per heavy atom. The van der Waals surface area contributed by atoms with Gasteiger partial charge in [-0.3, -0.25) is 9.78 Å². The van der Waals surface area contributed by atoms with Crippen LogP contribution in [0.1, 0.15) is 81.0 Å². The maximum Gasteiger partial charge on any atom is 0.417 e. The van der Waals surface area contributed by atoms with Crippen molar-refractivity contribution in [2.45, 2.75) is 89.5 Å². The first kappa shape index (κ1) is 21.9. The minimum absolute atomic E-state index is 0.158. The van der Waals surface area contributed by atoms with Gasteiger partial charge in [-0.25, -0.2) is 0 Å². The van der Waals surface area contributed by atoms with Gasteiger partial charge < -0.3 is 10.0 Å². The number of aliphatic hydroxyl groups excluding tert-OH is 1. The van der Waals surface area contributed by atoms with E-state index in [-0.39, 0.29) is 29.4 Å². The van der Waals surface area contributed by atoms with Crippen molar-refractivity contribution in [3.63, 3.8) is 0 Å². The summed E-state index contributed by atoms with van der Waals surface area (Å²) in [6, 6.07) is 1.18. The van der Waals surface area contributed by atoms with Crippen LogP contribution in [0.5, 0.6) is 0 Å². The Morgan fingerprint density at radius 2 is 1.94 bits per heavy atom. The average Bonchev–Trinajstić information content (AvgIpc) is 3.30. The van der Waals surface area contributed by atoms with E-state index >= 15 is 0 Å². The number of amides is 1. The van der Waals surface area contributed by atoms with Crippen LogP contribution in [0.4, 0.5) is 13.2 Å². The predicted molar refractivity (Wildman–Crippen MR) is 116 cm³/mol. The monoisotopic (exact) mass is 462 g/mol. The number of aromatic nitrogens is 1. The highest BCUT2D eigenvalue weighted by molar-refractivity contribution is 5.84. The van der Waals surface area contributed by atoms with Crippen LogP contribution in [0, 0.1) is 28.6 Å². The largest absolute Gasteiger partial charge is 0.417 e. The number of aliphatic hydroxyl groups is 1. The molecule has 4 saturated carbocycles. The molecule has 2 heterocycles. The summed E-state index contributed by atoms with van der Waals surface area (Å²) in [6.45, 7) is 0.767. The van der Waals surface area contributed by atoms with E-state index < -0.39 is 11.7 Å². The molecule has 1 aromatic heterocycles. The predicted octanol–water partition coefficient (Wildman–Crippen LogP) is 5.12. The third-order valence-electron chi connectivity index (χ3n) is 10.1. The Labute approximate surface area is 192 Å². The first-order valence-electron chi connectivity index (χ1n) is 12.7. The van der Waals surface area contributed by atoms with Crippen LogP contribution in [0.15, 0.2) is 12.3 Å². The minimum atomic E-state index is -4.42. The molecule has 0 bridgehead atoms. The highest BCUT2D eigenvalue weighted by Crippen LogP contribution is 2.63. The summed E-state index contributed by atoms with van der Waals surface area (Å²) in [5.74, 6) is 1.53. The lowest BCUT2D eigenvalue weighted by Crippen LogP contribution is -2.46. The Hall–Kier alpha value is -1.63. The van der Waals surface area contributed by atoms with E-state index in [9.17, 15) is 23.1 Å². The molecule has 0 radical (unpaired) electrons. The van der Waals surface area contributed by atoms with Crippen LogP contribution >= 0.6 is 0 Å². The van der Waals surface area contributed by atoms with E-state index in [0.29, 0.717) is 42.0 Å². The summed E-state index contributed by atoms with van der Waals surface area (Å²) in [5.41, 5.74) is 0.342. The highest BCUT2D eigenvalue weighted by Gasteiger charge is 2.59. The Kier molecular flexibility index (Phi) is 4.93. The van der Waals surface area contributed by atoms with Crippen molar-refractivity contribution in [1.29, 1.82) is 0 Å². The van der Waals surface area contributed by atoms with Crippen molar-refractivity contribution in [2.24, 2.45) is 28.6 Å². The van der Waals surface area contributed by atoms with Crippen molar-refractivity contribution in [2.75, 3.05) is 6.54 Å². The summed E-state index contributed by atoms with van der Waals surface area (Å²) in [4.78, 5) is 19.8. The molecule has 0 aromatic carbocycles. The average molecular weight is 463 g/mol. The van der Waals surface area contributed by atoms with Gasteiger partial charge in [0.05, 0.1) is 17.1 Å². The van der Waals surface area contributed by atoms with Gasteiger partial charge in [0.25, 0.3) is 0 Å².